The zero-order valence-electron chi connectivity index (χ0n) is 17.0. The van der Waals surface area contributed by atoms with Crippen molar-refractivity contribution in [3.05, 3.63) is 77.1 Å². The van der Waals surface area contributed by atoms with Crippen molar-refractivity contribution in [1.29, 1.82) is 0 Å². The van der Waals surface area contributed by atoms with Gasteiger partial charge in [-0.1, -0.05) is 41.9 Å². The number of β-amino-alcohol motifs (C(OH)–C–C–N with tert-alkyl or cyclic N) is 1. The zero-order valence-corrected chi connectivity index (χ0v) is 17.8. The van der Waals surface area contributed by atoms with Gasteiger partial charge in [-0.2, -0.15) is 0 Å². The molecule has 1 aliphatic heterocycles. The number of nitrogens with zero attached hydrogens (tertiary/aromatic N) is 2. The highest BCUT2D eigenvalue weighted by atomic mass is 35.5. The SMILES string of the molecule is O=C(c1ccc(Cl)cc1F)N1CCN(CC(O)COc2ccc3ccccc3c2)CC1. The minimum Gasteiger partial charge on any atom is -0.491 e. The lowest BCUT2D eigenvalue weighted by atomic mass is 10.1. The fourth-order valence-corrected chi connectivity index (χ4v) is 3.93. The molecule has 4 rings (SSSR count). The molecule has 0 aromatic heterocycles. The summed E-state index contributed by atoms with van der Waals surface area (Å²) in [4.78, 5) is 16.3. The van der Waals surface area contributed by atoms with E-state index in [1.165, 1.54) is 12.1 Å². The van der Waals surface area contributed by atoms with Gasteiger partial charge < -0.3 is 14.7 Å². The maximum Gasteiger partial charge on any atom is 0.256 e. The van der Waals surface area contributed by atoms with Gasteiger partial charge in [0.05, 0.1) is 5.56 Å². The van der Waals surface area contributed by atoms with E-state index in [2.05, 4.69) is 4.90 Å². The van der Waals surface area contributed by atoms with Crippen LogP contribution in [-0.4, -0.2) is 66.2 Å². The molecule has 0 radical (unpaired) electrons. The summed E-state index contributed by atoms with van der Waals surface area (Å²) in [5.74, 6) is -0.228. The van der Waals surface area contributed by atoms with Crippen LogP contribution in [0.2, 0.25) is 5.02 Å². The number of carbonyl (C=O) groups is 1. The van der Waals surface area contributed by atoms with Crippen molar-refractivity contribution in [2.75, 3.05) is 39.3 Å². The highest BCUT2D eigenvalue weighted by Crippen LogP contribution is 2.21. The summed E-state index contributed by atoms with van der Waals surface area (Å²) >= 11 is 5.76. The van der Waals surface area contributed by atoms with Crippen LogP contribution >= 0.6 is 11.6 Å². The number of hydrogen-bond acceptors (Lipinski definition) is 4. The third kappa shape index (κ3) is 5.34. The van der Waals surface area contributed by atoms with Crippen molar-refractivity contribution >= 4 is 28.3 Å². The summed E-state index contributed by atoms with van der Waals surface area (Å²) in [6, 6.07) is 18.0. The minimum atomic E-state index is -0.651. The van der Waals surface area contributed by atoms with Gasteiger partial charge in [-0.15, -0.1) is 0 Å². The van der Waals surface area contributed by atoms with Crippen LogP contribution in [0, 0.1) is 5.82 Å². The molecule has 1 fully saturated rings. The quantitative estimate of drug-likeness (QED) is 0.630. The number of aliphatic hydroxyl groups is 1. The van der Waals surface area contributed by atoms with Crippen LogP contribution in [0.15, 0.2) is 60.7 Å². The maximum absolute atomic E-state index is 14.0. The number of ether oxygens (including phenoxy) is 1. The molecule has 1 unspecified atom stereocenters. The predicted molar refractivity (Wildman–Crippen MR) is 119 cm³/mol. The summed E-state index contributed by atoms with van der Waals surface area (Å²) in [6.45, 7) is 2.79. The molecule has 0 spiro atoms. The average Bonchev–Trinajstić information content (AvgIpc) is 2.78. The van der Waals surface area contributed by atoms with Gasteiger partial charge in [0.25, 0.3) is 5.91 Å². The van der Waals surface area contributed by atoms with Crippen LogP contribution in [0.25, 0.3) is 10.8 Å². The summed E-state index contributed by atoms with van der Waals surface area (Å²) in [6.07, 6.45) is -0.651. The number of rotatable bonds is 6. The van der Waals surface area contributed by atoms with Gasteiger partial charge in [-0.25, -0.2) is 4.39 Å². The Balaban J connectivity index is 1.24. The topological polar surface area (TPSA) is 53.0 Å². The van der Waals surface area contributed by atoms with E-state index in [0.717, 1.165) is 22.6 Å². The second-order valence-corrected chi connectivity index (χ2v) is 8.13. The monoisotopic (exact) mass is 442 g/mol. The fraction of sp³-hybridized carbons (Fsp3) is 0.292. The highest BCUT2D eigenvalue weighted by molar-refractivity contribution is 6.30. The Morgan fingerprint density at radius 1 is 1.03 bits per heavy atom. The molecule has 1 amide bonds. The predicted octanol–water partition coefficient (Wildman–Crippen LogP) is 3.83. The van der Waals surface area contributed by atoms with Crippen molar-refractivity contribution in [3.63, 3.8) is 0 Å². The largest absolute Gasteiger partial charge is 0.491 e. The molecule has 5 nitrogen and oxygen atoms in total. The van der Waals surface area contributed by atoms with Gasteiger partial charge in [0.15, 0.2) is 0 Å². The lowest BCUT2D eigenvalue weighted by molar-refractivity contribution is 0.0402. The lowest BCUT2D eigenvalue weighted by Crippen LogP contribution is -2.51. The van der Waals surface area contributed by atoms with E-state index in [9.17, 15) is 14.3 Å². The van der Waals surface area contributed by atoms with Gasteiger partial charge in [-0.05, 0) is 41.1 Å². The average molecular weight is 443 g/mol. The molecule has 0 bridgehead atoms. The van der Waals surface area contributed by atoms with Gasteiger partial charge in [0.2, 0.25) is 0 Å². The van der Waals surface area contributed by atoms with Crippen LogP contribution in [0.4, 0.5) is 4.39 Å². The number of benzene rings is 3. The number of aliphatic hydroxyl groups excluding tert-OH is 1. The van der Waals surface area contributed by atoms with Gasteiger partial charge in [-0.3, -0.25) is 9.69 Å². The molecule has 1 heterocycles. The molecule has 1 atom stereocenters. The van der Waals surface area contributed by atoms with E-state index in [0.29, 0.717) is 32.7 Å². The smallest absolute Gasteiger partial charge is 0.256 e. The third-order valence-corrected chi connectivity index (χ3v) is 5.69. The summed E-state index contributed by atoms with van der Waals surface area (Å²) < 4.78 is 19.8. The van der Waals surface area contributed by atoms with E-state index in [4.69, 9.17) is 16.3 Å². The van der Waals surface area contributed by atoms with Gasteiger partial charge in [0, 0.05) is 37.7 Å². The Morgan fingerprint density at radius 3 is 2.52 bits per heavy atom. The minimum absolute atomic E-state index is 0.0293. The first-order chi connectivity index (χ1) is 15.0. The van der Waals surface area contributed by atoms with Crippen molar-refractivity contribution in [3.8, 4) is 5.75 Å². The number of amides is 1. The highest BCUT2D eigenvalue weighted by Gasteiger charge is 2.25. The van der Waals surface area contributed by atoms with Crippen LogP contribution in [0.1, 0.15) is 10.4 Å². The standard InChI is InChI=1S/C24H24ClFN2O3/c25-19-6-8-22(23(26)14-19)24(30)28-11-9-27(10-12-28)15-20(29)16-31-21-7-5-17-3-1-2-4-18(17)13-21/h1-8,13-14,20,29H,9-12,15-16H2. The summed E-state index contributed by atoms with van der Waals surface area (Å²) in [5.41, 5.74) is 0.0293. The molecular formula is C24H24ClFN2O3. The first-order valence-corrected chi connectivity index (χ1v) is 10.6. The molecule has 0 aliphatic carbocycles. The Kier molecular flexibility index (Phi) is 6.70. The fourth-order valence-electron chi connectivity index (χ4n) is 3.77. The van der Waals surface area contributed by atoms with Crippen LogP contribution in [-0.2, 0) is 0 Å². The third-order valence-electron chi connectivity index (χ3n) is 5.45. The number of fused-ring (bicyclic) bond motifs is 1. The molecule has 7 heteroatoms. The van der Waals surface area contributed by atoms with Crippen molar-refractivity contribution in [2.24, 2.45) is 0 Å². The summed E-state index contributed by atoms with van der Waals surface area (Å²) in [5, 5.41) is 12.9. The molecule has 1 aliphatic rings. The van der Waals surface area contributed by atoms with Crippen molar-refractivity contribution in [1.82, 2.24) is 9.80 Å². The van der Waals surface area contributed by atoms with E-state index in [-0.39, 0.29) is 23.1 Å². The zero-order chi connectivity index (χ0) is 21.8. The van der Waals surface area contributed by atoms with Gasteiger partial charge in [0.1, 0.15) is 24.3 Å². The molecule has 1 N–H and O–H groups in total. The Morgan fingerprint density at radius 2 is 1.77 bits per heavy atom. The number of halogens is 2. The molecule has 162 valence electrons. The van der Waals surface area contributed by atoms with E-state index >= 15 is 0 Å². The molecule has 0 saturated carbocycles. The molecule has 3 aromatic carbocycles. The number of hydrogen-bond donors (Lipinski definition) is 1. The first-order valence-electron chi connectivity index (χ1n) is 10.3. The van der Waals surface area contributed by atoms with Crippen LogP contribution in [0.3, 0.4) is 0 Å². The van der Waals surface area contributed by atoms with Crippen molar-refractivity contribution in [2.45, 2.75) is 6.10 Å². The van der Waals surface area contributed by atoms with E-state index in [1.807, 2.05) is 42.5 Å². The van der Waals surface area contributed by atoms with Gasteiger partial charge >= 0.3 is 0 Å². The number of carbonyl (C=O) groups excluding carboxylic acids is 1. The second kappa shape index (κ2) is 9.64. The van der Waals surface area contributed by atoms with Crippen molar-refractivity contribution < 1.29 is 19.0 Å². The molecule has 1 saturated heterocycles. The lowest BCUT2D eigenvalue weighted by Gasteiger charge is -2.35. The number of piperazine rings is 1. The maximum atomic E-state index is 14.0. The first kappa shape index (κ1) is 21.6. The normalized spacial score (nSPS) is 15.8. The van der Waals surface area contributed by atoms with E-state index < -0.39 is 11.9 Å². The Bertz CT molecular complexity index is 1070. The van der Waals surface area contributed by atoms with Crippen LogP contribution < -0.4 is 4.74 Å². The Labute approximate surface area is 185 Å². The molecule has 3 aromatic rings. The Hall–Kier alpha value is -2.67. The molecule has 31 heavy (non-hydrogen) atoms. The van der Waals surface area contributed by atoms with Crippen LogP contribution in [0.5, 0.6) is 5.75 Å². The summed E-state index contributed by atoms with van der Waals surface area (Å²) in [7, 11) is 0. The van der Waals surface area contributed by atoms with E-state index in [1.54, 1.807) is 4.90 Å². The second-order valence-electron chi connectivity index (χ2n) is 7.69. The molecular weight excluding hydrogens is 419 g/mol.